The zero-order valence-corrected chi connectivity index (χ0v) is 13.1. The summed E-state index contributed by atoms with van der Waals surface area (Å²) in [6.07, 6.45) is -2.65. The van der Waals surface area contributed by atoms with Crippen LogP contribution in [0.15, 0.2) is 4.52 Å². The fraction of sp³-hybridized carbons (Fsp3) is 0.857. The first-order chi connectivity index (χ1) is 10.3. The Balaban J connectivity index is 1.82. The summed E-state index contributed by atoms with van der Waals surface area (Å²) in [6, 6.07) is 0. The van der Waals surface area contributed by atoms with Gasteiger partial charge in [0.25, 0.3) is 0 Å². The van der Waals surface area contributed by atoms with Crippen LogP contribution in [0.3, 0.4) is 0 Å². The van der Waals surface area contributed by atoms with Gasteiger partial charge in [-0.25, -0.2) is 0 Å². The topological polar surface area (TPSA) is 45.4 Å². The molecule has 2 rings (SSSR count). The van der Waals surface area contributed by atoms with E-state index in [0.717, 1.165) is 13.0 Å². The molecule has 0 radical (unpaired) electrons. The maximum atomic E-state index is 12.4. The Bertz CT molecular complexity index is 461. The molecular weight excluding hydrogens is 297 g/mol. The maximum absolute atomic E-state index is 12.4. The van der Waals surface area contributed by atoms with Crippen LogP contribution < -0.4 is 0 Å². The molecule has 5 nitrogen and oxygen atoms in total. The van der Waals surface area contributed by atoms with Crippen LogP contribution in [-0.2, 0) is 13.0 Å². The van der Waals surface area contributed by atoms with Crippen LogP contribution in [0.5, 0.6) is 0 Å². The number of alkyl halides is 3. The van der Waals surface area contributed by atoms with Crippen molar-refractivity contribution in [2.75, 3.05) is 32.7 Å². The first-order valence-corrected chi connectivity index (χ1v) is 7.65. The molecule has 126 valence electrons. The highest BCUT2D eigenvalue weighted by Gasteiger charge is 2.31. The molecule has 0 aliphatic carbocycles. The second kappa shape index (κ2) is 7.41. The van der Waals surface area contributed by atoms with E-state index in [1.165, 1.54) is 4.90 Å². The number of hydrogen-bond donors (Lipinski definition) is 0. The van der Waals surface area contributed by atoms with E-state index in [1.807, 2.05) is 0 Å². The molecule has 22 heavy (non-hydrogen) atoms. The summed E-state index contributed by atoms with van der Waals surface area (Å²) >= 11 is 0. The number of hydrogen-bond acceptors (Lipinski definition) is 5. The largest absolute Gasteiger partial charge is 0.401 e. The third-order valence-corrected chi connectivity index (χ3v) is 3.54. The van der Waals surface area contributed by atoms with Crippen molar-refractivity contribution in [1.29, 1.82) is 0 Å². The van der Waals surface area contributed by atoms with Crippen molar-refractivity contribution in [2.45, 2.75) is 39.4 Å². The Morgan fingerprint density at radius 1 is 1.14 bits per heavy atom. The summed E-state index contributed by atoms with van der Waals surface area (Å²) in [5.74, 6) is 1.69. The SMILES string of the molecule is CC(C)Cc1noc(CN2CCCN(CC(F)(F)F)CC2)n1. The van der Waals surface area contributed by atoms with Gasteiger partial charge in [0.15, 0.2) is 5.82 Å². The van der Waals surface area contributed by atoms with Crippen LogP contribution in [0.1, 0.15) is 32.0 Å². The molecule has 1 aliphatic heterocycles. The minimum atomic E-state index is -4.13. The molecule has 0 spiro atoms. The summed E-state index contributed by atoms with van der Waals surface area (Å²) < 4.78 is 42.5. The van der Waals surface area contributed by atoms with Gasteiger partial charge >= 0.3 is 6.18 Å². The third-order valence-electron chi connectivity index (χ3n) is 3.54. The van der Waals surface area contributed by atoms with Gasteiger partial charge in [-0.1, -0.05) is 19.0 Å². The number of halogens is 3. The molecule has 1 saturated heterocycles. The molecule has 0 aromatic carbocycles. The van der Waals surface area contributed by atoms with Crippen molar-refractivity contribution in [1.82, 2.24) is 19.9 Å². The minimum Gasteiger partial charge on any atom is -0.338 e. The lowest BCUT2D eigenvalue weighted by atomic mass is 10.1. The number of nitrogens with zero attached hydrogens (tertiary/aromatic N) is 4. The van der Waals surface area contributed by atoms with Gasteiger partial charge in [0.05, 0.1) is 13.1 Å². The average molecular weight is 320 g/mol. The lowest BCUT2D eigenvalue weighted by Crippen LogP contribution is -2.37. The molecule has 0 bridgehead atoms. The molecule has 8 heteroatoms. The van der Waals surface area contributed by atoms with Crippen LogP contribution in [0.25, 0.3) is 0 Å². The second-order valence-corrected chi connectivity index (χ2v) is 6.22. The normalized spacial score (nSPS) is 18.8. The predicted octanol–water partition coefficient (Wildman–Crippen LogP) is 2.34. The van der Waals surface area contributed by atoms with Gasteiger partial charge in [-0.3, -0.25) is 9.80 Å². The quantitative estimate of drug-likeness (QED) is 0.833. The third kappa shape index (κ3) is 5.92. The predicted molar refractivity (Wildman–Crippen MR) is 75.2 cm³/mol. The van der Waals surface area contributed by atoms with Crippen LogP contribution in [-0.4, -0.2) is 58.8 Å². The zero-order valence-electron chi connectivity index (χ0n) is 13.1. The molecule has 0 atom stereocenters. The monoisotopic (exact) mass is 320 g/mol. The van der Waals surface area contributed by atoms with Crippen molar-refractivity contribution in [3.8, 4) is 0 Å². The Labute approximate surface area is 128 Å². The smallest absolute Gasteiger partial charge is 0.338 e. The van der Waals surface area contributed by atoms with E-state index in [0.29, 0.717) is 50.2 Å². The van der Waals surface area contributed by atoms with Gasteiger partial charge in [-0.15, -0.1) is 0 Å². The van der Waals surface area contributed by atoms with Gasteiger partial charge < -0.3 is 4.52 Å². The van der Waals surface area contributed by atoms with Crippen molar-refractivity contribution in [2.24, 2.45) is 5.92 Å². The first kappa shape index (κ1) is 17.2. The average Bonchev–Trinajstić information content (AvgIpc) is 2.68. The highest BCUT2D eigenvalue weighted by atomic mass is 19.4. The van der Waals surface area contributed by atoms with Crippen LogP contribution in [0.4, 0.5) is 13.2 Å². The van der Waals surface area contributed by atoms with E-state index >= 15 is 0 Å². The van der Waals surface area contributed by atoms with E-state index in [9.17, 15) is 13.2 Å². The Morgan fingerprint density at radius 3 is 2.50 bits per heavy atom. The van der Waals surface area contributed by atoms with Gasteiger partial charge in [0, 0.05) is 19.5 Å². The highest BCUT2D eigenvalue weighted by Crippen LogP contribution is 2.18. The summed E-state index contributed by atoms with van der Waals surface area (Å²) in [4.78, 5) is 7.87. The summed E-state index contributed by atoms with van der Waals surface area (Å²) in [7, 11) is 0. The van der Waals surface area contributed by atoms with Crippen LogP contribution >= 0.6 is 0 Å². The molecule has 1 aromatic rings. The van der Waals surface area contributed by atoms with E-state index < -0.39 is 12.7 Å². The lowest BCUT2D eigenvalue weighted by Gasteiger charge is -2.21. The van der Waals surface area contributed by atoms with E-state index in [1.54, 1.807) is 0 Å². The van der Waals surface area contributed by atoms with E-state index in [2.05, 4.69) is 28.9 Å². The van der Waals surface area contributed by atoms with Crippen LogP contribution in [0, 0.1) is 5.92 Å². The molecule has 1 aliphatic rings. The van der Waals surface area contributed by atoms with E-state index in [4.69, 9.17) is 4.52 Å². The maximum Gasteiger partial charge on any atom is 0.401 e. The van der Waals surface area contributed by atoms with Crippen LogP contribution in [0.2, 0.25) is 0 Å². The van der Waals surface area contributed by atoms with Gasteiger partial charge in [-0.2, -0.15) is 18.2 Å². The molecule has 0 amide bonds. The number of aromatic nitrogens is 2. The van der Waals surface area contributed by atoms with Crippen molar-refractivity contribution < 1.29 is 17.7 Å². The summed E-state index contributed by atoms with van der Waals surface area (Å²) in [5.41, 5.74) is 0. The zero-order chi connectivity index (χ0) is 16.2. The first-order valence-electron chi connectivity index (χ1n) is 7.65. The van der Waals surface area contributed by atoms with Crippen molar-refractivity contribution in [3.63, 3.8) is 0 Å². The molecule has 2 heterocycles. The minimum absolute atomic E-state index is 0.409. The Hall–Kier alpha value is -1.15. The van der Waals surface area contributed by atoms with Gasteiger partial charge in [0.2, 0.25) is 5.89 Å². The molecule has 0 N–H and O–H groups in total. The fourth-order valence-corrected chi connectivity index (χ4v) is 2.59. The standard InChI is InChI=1S/C14H23F3N4O/c1-11(2)8-12-18-13(22-19-12)9-20-4-3-5-21(7-6-20)10-14(15,16)17/h11H,3-10H2,1-2H3. The van der Waals surface area contributed by atoms with Gasteiger partial charge in [0.1, 0.15) is 0 Å². The molecule has 1 fully saturated rings. The highest BCUT2D eigenvalue weighted by molar-refractivity contribution is 4.88. The second-order valence-electron chi connectivity index (χ2n) is 6.22. The molecule has 0 saturated carbocycles. The Morgan fingerprint density at radius 2 is 1.82 bits per heavy atom. The van der Waals surface area contributed by atoms with Crippen molar-refractivity contribution in [3.05, 3.63) is 11.7 Å². The van der Waals surface area contributed by atoms with Gasteiger partial charge in [-0.05, 0) is 25.4 Å². The molecule has 0 unspecified atom stereocenters. The summed E-state index contributed by atoms with van der Waals surface area (Å²) in [5, 5.41) is 3.94. The van der Waals surface area contributed by atoms with Crippen molar-refractivity contribution >= 4 is 0 Å². The Kier molecular flexibility index (Phi) is 5.80. The number of rotatable bonds is 5. The molecular formula is C14H23F3N4O. The summed E-state index contributed by atoms with van der Waals surface area (Å²) in [6.45, 7) is 6.05. The van der Waals surface area contributed by atoms with E-state index in [-0.39, 0.29) is 0 Å². The lowest BCUT2D eigenvalue weighted by molar-refractivity contribution is -0.145. The molecule has 1 aromatic heterocycles. The fourth-order valence-electron chi connectivity index (χ4n) is 2.59.